The highest BCUT2D eigenvalue weighted by Crippen LogP contribution is 2.24. The van der Waals surface area contributed by atoms with Gasteiger partial charge in [0.25, 0.3) is 0 Å². The average Bonchev–Trinajstić information content (AvgIpc) is 2.51. The van der Waals surface area contributed by atoms with Gasteiger partial charge in [0.15, 0.2) is 0 Å². The van der Waals surface area contributed by atoms with Crippen LogP contribution in [0.2, 0.25) is 0 Å². The molecular formula is C17H28N4O. The zero-order valence-corrected chi connectivity index (χ0v) is 13.6. The molecule has 1 aliphatic heterocycles. The van der Waals surface area contributed by atoms with Gasteiger partial charge in [-0.2, -0.15) is 0 Å². The number of amides is 1. The fourth-order valence-electron chi connectivity index (χ4n) is 2.76. The topological polar surface area (TPSA) is 70.4 Å². The van der Waals surface area contributed by atoms with Crippen molar-refractivity contribution in [1.29, 1.82) is 0 Å². The zero-order chi connectivity index (χ0) is 15.9. The van der Waals surface area contributed by atoms with Crippen molar-refractivity contribution in [3.63, 3.8) is 0 Å². The van der Waals surface area contributed by atoms with E-state index in [0.717, 1.165) is 43.7 Å². The number of piperidine rings is 1. The van der Waals surface area contributed by atoms with Crippen LogP contribution in [-0.2, 0) is 4.79 Å². The molecule has 22 heavy (non-hydrogen) atoms. The molecule has 0 saturated carbocycles. The van der Waals surface area contributed by atoms with E-state index in [1.807, 2.05) is 31.2 Å². The van der Waals surface area contributed by atoms with Gasteiger partial charge >= 0.3 is 0 Å². The van der Waals surface area contributed by atoms with Crippen molar-refractivity contribution in [3.8, 4) is 0 Å². The molecule has 1 fully saturated rings. The summed E-state index contributed by atoms with van der Waals surface area (Å²) in [6.45, 7) is 4.24. The van der Waals surface area contributed by atoms with E-state index in [2.05, 4.69) is 22.6 Å². The summed E-state index contributed by atoms with van der Waals surface area (Å²) in [6, 6.07) is 7.87. The van der Waals surface area contributed by atoms with Crippen molar-refractivity contribution in [1.82, 2.24) is 4.90 Å². The fourth-order valence-corrected chi connectivity index (χ4v) is 2.76. The smallest absolute Gasteiger partial charge is 0.241 e. The van der Waals surface area contributed by atoms with Gasteiger partial charge in [0.2, 0.25) is 5.91 Å². The predicted molar refractivity (Wildman–Crippen MR) is 92.1 cm³/mol. The summed E-state index contributed by atoms with van der Waals surface area (Å²) in [5.74, 6) is -0.112. The Labute approximate surface area is 133 Å². The third kappa shape index (κ3) is 4.71. The monoisotopic (exact) mass is 304 g/mol. The van der Waals surface area contributed by atoms with Gasteiger partial charge in [0.1, 0.15) is 0 Å². The maximum Gasteiger partial charge on any atom is 0.241 e. The number of likely N-dealkylation sites (tertiary alicyclic amines) is 1. The molecule has 0 aromatic heterocycles. The molecule has 1 atom stereocenters. The molecule has 5 nitrogen and oxygen atoms in total. The largest absolute Gasteiger partial charge is 0.381 e. The molecule has 1 aromatic rings. The van der Waals surface area contributed by atoms with Crippen molar-refractivity contribution in [2.24, 2.45) is 5.73 Å². The van der Waals surface area contributed by atoms with Crippen LogP contribution in [0.25, 0.3) is 0 Å². The van der Waals surface area contributed by atoms with E-state index in [0.29, 0.717) is 12.5 Å². The number of rotatable bonds is 6. The van der Waals surface area contributed by atoms with E-state index < -0.39 is 6.04 Å². The van der Waals surface area contributed by atoms with Crippen LogP contribution in [0.3, 0.4) is 0 Å². The highest BCUT2D eigenvalue weighted by Gasteiger charge is 2.18. The molecule has 1 saturated heterocycles. The second-order valence-electron chi connectivity index (χ2n) is 6.15. The highest BCUT2D eigenvalue weighted by atomic mass is 16.2. The molecule has 0 aliphatic carbocycles. The fraction of sp³-hybridized carbons (Fsp3) is 0.588. The Morgan fingerprint density at radius 3 is 2.59 bits per heavy atom. The maximum atomic E-state index is 12.1. The second kappa shape index (κ2) is 8.15. The summed E-state index contributed by atoms with van der Waals surface area (Å²) in [5, 5.41) is 6.52. The molecule has 1 aliphatic rings. The lowest BCUT2D eigenvalue weighted by Crippen LogP contribution is -2.37. The molecule has 1 aromatic carbocycles. The minimum Gasteiger partial charge on any atom is -0.381 e. The number of hydrogen-bond acceptors (Lipinski definition) is 4. The Morgan fingerprint density at radius 2 is 1.95 bits per heavy atom. The average molecular weight is 304 g/mol. The summed E-state index contributed by atoms with van der Waals surface area (Å²) in [7, 11) is 2.15. The molecule has 0 bridgehead atoms. The van der Waals surface area contributed by atoms with E-state index in [9.17, 15) is 4.79 Å². The van der Waals surface area contributed by atoms with Gasteiger partial charge in [-0.25, -0.2) is 0 Å². The first-order valence-corrected chi connectivity index (χ1v) is 8.20. The Bertz CT molecular complexity index is 483. The van der Waals surface area contributed by atoms with Gasteiger partial charge in [-0.1, -0.05) is 25.5 Å². The van der Waals surface area contributed by atoms with Crippen LogP contribution >= 0.6 is 0 Å². The van der Waals surface area contributed by atoms with Crippen molar-refractivity contribution in [3.05, 3.63) is 24.3 Å². The Kier molecular flexibility index (Phi) is 6.21. The first kappa shape index (κ1) is 16.8. The minimum atomic E-state index is -0.443. The third-order valence-electron chi connectivity index (χ3n) is 4.20. The van der Waals surface area contributed by atoms with E-state index >= 15 is 0 Å². The zero-order valence-electron chi connectivity index (χ0n) is 13.6. The van der Waals surface area contributed by atoms with Crippen LogP contribution in [0, 0.1) is 0 Å². The number of carbonyl (C=O) groups excluding carboxylic acids is 1. The van der Waals surface area contributed by atoms with Gasteiger partial charge in [-0.3, -0.25) is 4.79 Å². The van der Waals surface area contributed by atoms with Crippen molar-refractivity contribution in [2.75, 3.05) is 30.8 Å². The van der Waals surface area contributed by atoms with E-state index in [1.165, 1.54) is 0 Å². The summed E-state index contributed by atoms with van der Waals surface area (Å²) in [4.78, 5) is 14.5. The number of anilines is 2. The number of nitrogens with zero attached hydrogens (tertiary/aromatic N) is 1. The molecular weight excluding hydrogens is 276 g/mol. The number of carbonyl (C=O) groups is 1. The number of para-hydroxylation sites is 2. The second-order valence-corrected chi connectivity index (χ2v) is 6.15. The van der Waals surface area contributed by atoms with Crippen molar-refractivity contribution in [2.45, 2.75) is 44.7 Å². The van der Waals surface area contributed by atoms with Crippen LogP contribution in [-0.4, -0.2) is 43.0 Å². The molecule has 0 spiro atoms. The number of benzene rings is 1. The standard InChI is InChI=1S/C17H28N4O/c1-3-6-14(18)17(22)20-16-8-5-4-7-15(16)19-13-9-11-21(2)12-10-13/h4-5,7-8,13-14,19H,3,6,9-12,18H2,1-2H3,(H,20,22). The quantitative estimate of drug-likeness (QED) is 0.754. The Morgan fingerprint density at radius 1 is 1.32 bits per heavy atom. The molecule has 4 N–H and O–H groups in total. The SMILES string of the molecule is CCCC(N)C(=O)Nc1ccccc1NC1CCN(C)CC1. The number of nitrogens with two attached hydrogens (primary N) is 1. The Hall–Kier alpha value is -1.59. The maximum absolute atomic E-state index is 12.1. The first-order valence-electron chi connectivity index (χ1n) is 8.20. The lowest BCUT2D eigenvalue weighted by molar-refractivity contribution is -0.117. The predicted octanol–water partition coefficient (Wildman–Crippen LogP) is 2.26. The summed E-state index contributed by atoms with van der Waals surface area (Å²) >= 11 is 0. The molecule has 1 amide bonds. The van der Waals surface area contributed by atoms with Crippen molar-refractivity contribution >= 4 is 17.3 Å². The van der Waals surface area contributed by atoms with Crippen LogP contribution in [0.1, 0.15) is 32.6 Å². The number of hydrogen-bond donors (Lipinski definition) is 3. The molecule has 122 valence electrons. The van der Waals surface area contributed by atoms with E-state index in [4.69, 9.17) is 5.73 Å². The van der Waals surface area contributed by atoms with Gasteiger partial charge in [-0.15, -0.1) is 0 Å². The van der Waals surface area contributed by atoms with Crippen LogP contribution < -0.4 is 16.4 Å². The first-order chi connectivity index (χ1) is 10.6. The molecule has 1 unspecified atom stereocenters. The summed E-state index contributed by atoms with van der Waals surface area (Å²) in [5.41, 5.74) is 7.69. The summed E-state index contributed by atoms with van der Waals surface area (Å²) in [6.07, 6.45) is 3.85. The number of nitrogens with one attached hydrogen (secondary N) is 2. The molecule has 5 heteroatoms. The van der Waals surface area contributed by atoms with Crippen LogP contribution in [0.5, 0.6) is 0 Å². The normalized spacial score (nSPS) is 18.0. The molecule has 1 heterocycles. The van der Waals surface area contributed by atoms with Crippen LogP contribution in [0.15, 0.2) is 24.3 Å². The van der Waals surface area contributed by atoms with E-state index in [1.54, 1.807) is 0 Å². The lowest BCUT2D eigenvalue weighted by atomic mass is 10.0. The third-order valence-corrected chi connectivity index (χ3v) is 4.20. The van der Waals surface area contributed by atoms with E-state index in [-0.39, 0.29) is 5.91 Å². The van der Waals surface area contributed by atoms with Gasteiger partial charge < -0.3 is 21.3 Å². The summed E-state index contributed by atoms with van der Waals surface area (Å²) < 4.78 is 0. The lowest BCUT2D eigenvalue weighted by Gasteiger charge is -2.30. The van der Waals surface area contributed by atoms with Crippen LogP contribution in [0.4, 0.5) is 11.4 Å². The molecule has 2 rings (SSSR count). The van der Waals surface area contributed by atoms with Crippen molar-refractivity contribution < 1.29 is 4.79 Å². The van der Waals surface area contributed by atoms with Gasteiger partial charge in [0.05, 0.1) is 17.4 Å². The molecule has 0 radical (unpaired) electrons. The highest BCUT2D eigenvalue weighted by molar-refractivity contribution is 5.97. The van der Waals surface area contributed by atoms with Gasteiger partial charge in [-0.05, 0) is 51.5 Å². The van der Waals surface area contributed by atoms with Gasteiger partial charge in [0, 0.05) is 6.04 Å². The Balaban J connectivity index is 1.99. The minimum absolute atomic E-state index is 0.112.